The van der Waals surface area contributed by atoms with Crippen molar-refractivity contribution in [2.45, 2.75) is 30.6 Å². The van der Waals surface area contributed by atoms with E-state index in [2.05, 4.69) is 10.3 Å². The van der Waals surface area contributed by atoms with Crippen LogP contribution >= 0.6 is 11.8 Å². The molecule has 0 bridgehead atoms. The summed E-state index contributed by atoms with van der Waals surface area (Å²) in [7, 11) is 0. The zero-order valence-electron chi connectivity index (χ0n) is 14.9. The van der Waals surface area contributed by atoms with Gasteiger partial charge in [0.25, 0.3) is 0 Å². The van der Waals surface area contributed by atoms with E-state index < -0.39 is 0 Å². The minimum Gasteiger partial charge on any atom is -0.390 e. The fourth-order valence-electron chi connectivity index (χ4n) is 2.56. The van der Waals surface area contributed by atoms with Crippen molar-refractivity contribution in [3.05, 3.63) is 83.2 Å². The largest absolute Gasteiger partial charge is 0.390 e. The van der Waals surface area contributed by atoms with Crippen molar-refractivity contribution in [2.75, 3.05) is 0 Å². The van der Waals surface area contributed by atoms with E-state index in [1.807, 2.05) is 0 Å². The van der Waals surface area contributed by atoms with Crippen LogP contribution in [0.4, 0.5) is 8.78 Å². The van der Waals surface area contributed by atoms with Gasteiger partial charge in [-0.1, -0.05) is 42.1 Å². The van der Waals surface area contributed by atoms with Crippen LogP contribution in [0.2, 0.25) is 0 Å². The number of nitrogens with zero attached hydrogens (tertiary/aromatic N) is 2. The van der Waals surface area contributed by atoms with Crippen molar-refractivity contribution in [3.63, 3.8) is 0 Å². The zero-order valence-corrected chi connectivity index (χ0v) is 15.8. The summed E-state index contributed by atoms with van der Waals surface area (Å²) in [6.45, 7) is -0.0326. The summed E-state index contributed by atoms with van der Waals surface area (Å²) in [5.74, 6) is -0.555. The Morgan fingerprint density at radius 2 is 1.89 bits per heavy atom. The second-order valence-electron chi connectivity index (χ2n) is 6.06. The number of benzene rings is 2. The van der Waals surface area contributed by atoms with Crippen LogP contribution in [0.1, 0.15) is 16.8 Å². The van der Waals surface area contributed by atoms with Crippen molar-refractivity contribution in [2.24, 2.45) is 0 Å². The summed E-state index contributed by atoms with van der Waals surface area (Å²) in [4.78, 5) is 16.5. The van der Waals surface area contributed by atoms with Gasteiger partial charge < -0.3 is 15.0 Å². The van der Waals surface area contributed by atoms with E-state index in [9.17, 15) is 18.7 Å². The first-order valence-corrected chi connectivity index (χ1v) is 9.58. The van der Waals surface area contributed by atoms with E-state index in [0.29, 0.717) is 22.2 Å². The number of carbonyl (C=O) groups is 1. The third-order valence-electron chi connectivity index (χ3n) is 4.08. The number of hydrogen-bond donors (Lipinski definition) is 2. The van der Waals surface area contributed by atoms with Crippen molar-refractivity contribution in [3.8, 4) is 0 Å². The average Bonchev–Trinajstić information content (AvgIpc) is 3.08. The zero-order chi connectivity index (χ0) is 19.9. The van der Waals surface area contributed by atoms with Gasteiger partial charge in [-0.05, 0) is 29.3 Å². The Hall–Kier alpha value is -2.71. The highest BCUT2D eigenvalue weighted by molar-refractivity contribution is 7.98. The summed E-state index contributed by atoms with van der Waals surface area (Å²) in [5.41, 5.74) is 1.80. The summed E-state index contributed by atoms with van der Waals surface area (Å²) < 4.78 is 28.3. The van der Waals surface area contributed by atoms with Gasteiger partial charge in [-0.15, -0.1) is 0 Å². The molecule has 0 atom stereocenters. The van der Waals surface area contributed by atoms with Crippen LogP contribution in [0.3, 0.4) is 0 Å². The van der Waals surface area contributed by atoms with E-state index in [4.69, 9.17) is 0 Å². The van der Waals surface area contributed by atoms with Gasteiger partial charge in [0.15, 0.2) is 5.16 Å². The smallest absolute Gasteiger partial charge is 0.240 e. The van der Waals surface area contributed by atoms with Gasteiger partial charge in [0.05, 0.1) is 18.5 Å². The Labute approximate surface area is 165 Å². The lowest BCUT2D eigenvalue weighted by Gasteiger charge is -2.11. The van der Waals surface area contributed by atoms with E-state index in [0.717, 1.165) is 5.56 Å². The molecule has 1 heterocycles. The number of aromatic nitrogens is 2. The van der Waals surface area contributed by atoms with Crippen LogP contribution in [0.5, 0.6) is 0 Å². The molecule has 1 amide bonds. The Bertz CT molecular complexity index is 945. The molecule has 5 nitrogen and oxygen atoms in total. The molecule has 0 spiro atoms. The number of aliphatic hydroxyl groups is 1. The maximum atomic E-state index is 13.8. The molecule has 146 valence electrons. The quantitative estimate of drug-likeness (QED) is 0.567. The van der Waals surface area contributed by atoms with Crippen LogP contribution < -0.4 is 5.32 Å². The van der Waals surface area contributed by atoms with Gasteiger partial charge in [0.2, 0.25) is 5.91 Å². The van der Waals surface area contributed by atoms with Crippen molar-refractivity contribution in [1.82, 2.24) is 14.9 Å². The molecule has 8 heteroatoms. The van der Waals surface area contributed by atoms with Gasteiger partial charge in [0.1, 0.15) is 18.2 Å². The normalized spacial score (nSPS) is 10.8. The first-order valence-electron chi connectivity index (χ1n) is 8.59. The number of hydrogen-bond acceptors (Lipinski definition) is 4. The molecule has 0 saturated carbocycles. The number of imidazole rings is 1. The number of rotatable bonds is 8. The Morgan fingerprint density at radius 3 is 2.61 bits per heavy atom. The maximum Gasteiger partial charge on any atom is 0.240 e. The molecule has 0 saturated heterocycles. The number of nitrogens with one attached hydrogen (secondary N) is 1. The second-order valence-corrected chi connectivity index (χ2v) is 7.00. The molecule has 0 unspecified atom stereocenters. The summed E-state index contributed by atoms with van der Waals surface area (Å²) in [6, 6.07) is 12.3. The van der Waals surface area contributed by atoms with Gasteiger partial charge >= 0.3 is 0 Å². The highest BCUT2D eigenvalue weighted by Crippen LogP contribution is 2.24. The molecule has 0 fully saturated rings. The lowest BCUT2D eigenvalue weighted by atomic mass is 10.2. The predicted molar refractivity (Wildman–Crippen MR) is 102 cm³/mol. The summed E-state index contributed by atoms with van der Waals surface area (Å²) >= 11 is 1.29. The standard InChI is InChI=1S/C20H19F2N3O2S/c21-16-7-5-14(6-8-16)9-23-19(27)11-25-17(12-26)10-24-20(25)28-13-15-3-1-2-4-18(15)22/h1-8,10,26H,9,11-13H2,(H,23,27). The third-order valence-corrected chi connectivity index (χ3v) is 5.12. The number of thioether (sulfide) groups is 1. The van der Waals surface area contributed by atoms with E-state index >= 15 is 0 Å². The van der Waals surface area contributed by atoms with E-state index in [-0.39, 0.29) is 37.2 Å². The molecule has 0 radical (unpaired) electrons. The predicted octanol–water partition coefficient (Wildman–Crippen LogP) is 3.26. The molecule has 28 heavy (non-hydrogen) atoms. The number of carbonyl (C=O) groups excluding carboxylic acids is 1. The Morgan fingerprint density at radius 1 is 1.14 bits per heavy atom. The van der Waals surface area contributed by atoms with Crippen molar-refractivity contribution < 1.29 is 18.7 Å². The van der Waals surface area contributed by atoms with Crippen LogP contribution in [0.15, 0.2) is 59.9 Å². The van der Waals surface area contributed by atoms with Crippen LogP contribution in [-0.2, 0) is 30.2 Å². The summed E-state index contributed by atoms with van der Waals surface area (Å²) in [5, 5.41) is 12.8. The summed E-state index contributed by atoms with van der Waals surface area (Å²) in [6.07, 6.45) is 1.50. The SMILES string of the molecule is O=C(Cn1c(CO)cnc1SCc1ccccc1F)NCc1ccc(F)cc1. The molecule has 2 aromatic carbocycles. The fraction of sp³-hybridized carbons (Fsp3) is 0.200. The molecule has 3 aromatic rings. The van der Waals surface area contributed by atoms with Crippen LogP contribution in [0.25, 0.3) is 0 Å². The molecule has 1 aromatic heterocycles. The van der Waals surface area contributed by atoms with E-state index in [1.54, 1.807) is 34.9 Å². The van der Waals surface area contributed by atoms with E-state index in [1.165, 1.54) is 36.2 Å². The molecule has 0 aliphatic carbocycles. The van der Waals surface area contributed by atoms with Gasteiger partial charge in [-0.3, -0.25) is 4.79 Å². The van der Waals surface area contributed by atoms with Crippen molar-refractivity contribution >= 4 is 17.7 Å². The third kappa shape index (κ3) is 5.17. The minimum atomic E-state index is -0.336. The molecule has 3 rings (SSSR count). The lowest BCUT2D eigenvalue weighted by Crippen LogP contribution is -2.28. The fourth-order valence-corrected chi connectivity index (χ4v) is 3.55. The monoisotopic (exact) mass is 403 g/mol. The van der Waals surface area contributed by atoms with Gasteiger partial charge in [-0.25, -0.2) is 13.8 Å². The number of aliphatic hydroxyl groups excluding tert-OH is 1. The topological polar surface area (TPSA) is 67.2 Å². The molecular formula is C20H19F2N3O2S. The Kier molecular flexibility index (Phi) is 6.78. The van der Waals surface area contributed by atoms with Crippen LogP contribution in [-0.4, -0.2) is 20.6 Å². The lowest BCUT2D eigenvalue weighted by molar-refractivity contribution is -0.122. The van der Waals surface area contributed by atoms with Gasteiger partial charge in [0, 0.05) is 12.3 Å². The first kappa shape index (κ1) is 20.0. The second kappa shape index (κ2) is 9.48. The van der Waals surface area contributed by atoms with Crippen LogP contribution in [0, 0.1) is 11.6 Å². The number of amides is 1. The Balaban J connectivity index is 1.63. The molecular weight excluding hydrogens is 384 g/mol. The van der Waals surface area contributed by atoms with Crippen molar-refractivity contribution in [1.29, 1.82) is 0 Å². The minimum absolute atomic E-state index is 0.0311. The molecule has 2 N–H and O–H groups in total. The van der Waals surface area contributed by atoms with Gasteiger partial charge in [-0.2, -0.15) is 0 Å². The molecule has 0 aliphatic heterocycles. The highest BCUT2D eigenvalue weighted by Gasteiger charge is 2.14. The number of halogens is 2. The highest BCUT2D eigenvalue weighted by atomic mass is 32.2. The maximum absolute atomic E-state index is 13.8. The molecule has 0 aliphatic rings. The average molecular weight is 403 g/mol. The first-order chi connectivity index (χ1) is 13.6.